The summed E-state index contributed by atoms with van der Waals surface area (Å²) >= 11 is 6.01. The van der Waals surface area contributed by atoms with Crippen LogP contribution >= 0.6 is 11.6 Å². The highest BCUT2D eigenvalue weighted by Crippen LogP contribution is 2.47. The van der Waals surface area contributed by atoms with Crippen LogP contribution in [0.2, 0.25) is 0 Å². The van der Waals surface area contributed by atoms with E-state index in [0.717, 1.165) is 17.7 Å². The third-order valence-electron chi connectivity index (χ3n) is 3.64. The van der Waals surface area contributed by atoms with Gasteiger partial charge in [0.15, 0.2) is 0 Å². The van der Waals surface area contributed by atoms with E-state index >= 15 is 0 Å². The van der Waals surface area contributed by atoms with Gasteiger partial charge in [0.25, 0.3) is 0 Å². The Hall–Kier alpha value is 0.290. The topological polar surface area (TPSA) is 0 Å². The van der Waals surface area contributed by atoms with Crippen LogP contribution in [0.1, 0.15) is 40.0 Å². The zero-order chi connectivity index (χ0) is 8.48. The van der Waals surface area contributed by atoms with Gasteiger partial charge in [0.05, 0.1) is 0 Å². The molecule has 0 aromatic carbocycles. The van der Waals surface area contributed by atoms with Crippen molar-refractivity contribution < 1.29 is 0 Å². The molecular formula is C10H19Cl. The number of halogens is 1. The minimum absolute atomic E-state index is 0.403. The van der Waals surface area contributed by atoms with Gasteiger partial charge < -0.3 is 0 Å². The Labute approximate surface area is 75.3 Å². The van der Waals surface area contributed by atoms with Crippen molar-refractivity contribution in [1.29, 1.82) is 0 Å². The third-order valence-corrected chi connectivity index (χ3v) is 4.22. The van der Waals surface area contributed by atoms with E-state index in [-0.39, 0.29) is 0 Å². The molecule has 66 valence electrons. The summed E-state index contributed by atoms with van der Waals surface area (Å²) in [6.45, 7) is 6.93. The van der Waals surface area contributed by atoms with Crippen molar-refractivity contribution >= 4 is 11.6 Å². The summed E-state index contributed by atoms with van der Waals surface area (Å²) < 4.78 is 0. The van der Waals surface area contributed by atoms with Gasteiger partial charge in [-0.25, -0.2) is 0 Å². The molecule has 11 heavy (non-hydrogen) atoms. The number of hydrogen-bond donors (Lipinski definition) is 0. The largest absolute Gasteiger partial charge is 0.126 e. The Morgan fingerprint density at radius 1 is 1.45 bits per heavy atom. The first-order valence-electron chi connectivity index (χ1n) is 4.67. The van der Waals surface area contributed by atoms with Crippen LogP contribution in [0.5, 0.6) is 0 Å². The van der Waals surface area contributed by atoms with Gasteiger partial charge in [-0.1, -0.05) is 27.2 Å². The molecule has 1 rings (SSSR count). The number of alkyl halides is 1. The summed E-state index contributed by atoms with van der Waals surface area (Å²) in [4.78, 5) is 0. The summed E-state index contributed by atoms with van der Waals surface area (Å²) in [5.74, 6) is 2.46. The lowest BCUT2D eigenvalue weighted by Gasteiger charge is -2.44. The minimum Gasteiger partial charge on any atom is -0.126 e. The monoisotopic (exact) mass is 174 g/mol. The first kappa shape index (κ1) is 9.38. The van der Waals surface area contributed by atoms with Crippen molar-refractivity contribution in [3.8, 4) is 0 Å². The van der Waals surface area contributed by atoms with E-state index in [9.17, 15) is 0 Å². The van der Waals surface area contributed by atoms with Gasteiger partial charge in [0.2, 0.25) is 0 Å². The summed E-state index contributed by atoms with van der Waals surface area (Å²) in [7, 11) is 0. The molecule has 1 aliphatic carbocycles. The highest BCUT2D eigenvalue weighted by Gasteiger charge is 2.39. The fourth-order valence-corrected chi connectivity index (χ4v) is 2.33. The highest BCUT2D eigenvalue weighted by atomic mass is 35.5. The molecular weight excluding hydrogens is 156 g/mol. The van der Waals surface area contributed by atoms with E-state index in [1.807, 2.05) is 0 Å². The molecule has 0 aliphatic heterocycles. The van der Waals surface area contributed by atoms with Crippen molar-refractivity contribution in [1.82, 2.24) is 0 Å². The summed E-state index contributed by atoms with van der Waals surface area (Å²) in [6.07, 6.45) is 4.23. The van der Waals surface area contributed by atoms with Gasteiger partial charge in [-0.2, -0.15) is 0 Å². The maximum absolute atomic E-state index is 6.01. The SMILES string of the molecule is CC(C)C(C)(CCl)C1CCC1. The maximum atomic E-state index is 6.01. The second kappa shape index (κ2) is 3.35. The molecule has 0 radical (unpaired) electrons. The normalized spacial score (nSPS) is 24.8. The van der Waals surface area contributed by atoms with Crippen LogP contribution in [0.3, 0.4) is 0 Å². The second-order valence-electron chi connectivity index (χ2n) is 4.42. The van der Waals surface area contributed by atoms with E-state index in [2.05, 4.69) is 20.8 Å². The number of rotatable bonds is 3. The average molecular weight is 175 g/mol. The molecule has 0 aromatic rings. The summed E-state index contributed by atoms with van der Waals surface area (Å²) in [6, 6.07) is 0. The molecule has 0 saturated heterocycles. The molecule has 0 heterocycles. The van der Waals surface area contributed by atoms with Crippen LogP contribution < -0.4 is 0 Å². The van der Waals surface area contributed by atoms with Crippen LogP contribution in [0.4, 0.5) is 0 Å². The van der Waals surface area contributed by atoms with Crippen LogP contribution in [-0.4, -0.2) is 5.88 Å². The van der Waals surface area contributed by atoms with Crippen molar-refractivity contribution in [3.05, 3.63) is 0 Å². The standard InChI is InChI=1S/C10H19Cl/c1-8(2)10(3,7-11)9-5-4-6-9/h8-9H,4-7H2,1-3H3. The molecule has 0 spiro atoms. The van der Waals surface area contributed by atoms with E-state index in [1.165, 1.54) is 19.3 Å². The Morgan fingerprint density at radius 3 is 2.09 bits per heavy atom. The quantitative estimate of drug-likeness (QED) is 0.573. The van der Waals surface area contributed by atoms with Crippen molar-refractivity contribution in [2.24, 2.45) is 17.3 Å². The molecule has 0 amide bonds. The molecule has 0 N–H and O–H groups in total. The van der Waals surface area contributed by atoms with Crippen LogP contribution in [0, 0.1) is 17.3 Å². The van der Waals surface area contributed by atoms with E-state index in [4.69, 9.17) is 11.6 Å². The Kier molecular flexibility index (Phi) is 2.85. The van der Waals surface area contributed by atoms with Gasteiger partial charge in [-0.15, -0.1) is 11.6 Å². The molecule has 1 aliphatic rings. The number of hydrogen-bond acceptors (Lipinski definition) is 0. The van der Waals surface area contributed by atoms with E-state index < -0.39 is 0 Å². The van der Waals surface area contributed by atoms with E-state index in [0.29, 0.717) is 5.41 Å². The van der Waals surface area contributed by atoms with Crippen LogP contribution in [0.25, 0.3) is 0 Å². The van der Waals surface area contributed by atoms with Gasteiger partial charge in [-0.05, 0) is 30.1 Å². The smallest absolute Gasteiger partial charge is 0.0282 e. The lowest BCUT2D eigenvalue weighted by atomic mass is 9.62. The predicted octanol–water partition coefficient (Wildman–Crippen LogP) is 3.69. The Balaban J connectivity index is 2.57. The maximum Gasteiger partial charge on any atom is 0.0282 e. The molecule has 1 saturated carbocycles. The van der Waals surface area contributed by atoms with Crippen LogP contribution in [-0.2, 0) is 0 Å². The molecule has 0 bridgehead atoms. The predicted molar refractivity (Wildman–Crippen MR) is 51.0 cm³/mol. The molecule has 1 heteroatoms. The van der Waals surface area contributed by atoms with Crippen molar-refractivity contribution in [2.45, 2.75) is 40.0 Å². The second-order valence-corrected chi connectivity index (χ2v) is 4.69. The minimum atomic E-state index is 0.403. The zero-order valence-corrected chi connectivity index (χ0v) is 8.62. The van der Waals surface area contributed by atoms with Gasteiger partial charge in [0.1, 0.15) is 0 Å². The third kappa shape index (κ3) is 1.56. The van der Waals surface area contributed by atoms with E-state index in [1.54, 1.807) is 0 Å². The molecule has 1 fully saturated rings. The van der Waals surface area contributed by atoms with Gasteiger partial charge in [0, 0.05) is 5.88 Å². The fourth-order valence-electron chi connectivity index (χ4n) is 1.80. The Morgan fingerprint density at radius 2 is 2.00 bits per heavy atom. The lowest BCUT2D eigenvalue weighted by Crippen LogP contribution is -2.38. The fraction of sp³-hybridized carbons (Fsp3) is 1.00. The van der Waals surface area contributed by atoms with Gasteiger partial charge in [-0.3, -0.25) is 0 Å². The Bertz CT molecular complexity index is 127. The molecule has 1 atom stereocenters. The summed E-state index contributed by atoms with van der Waals surface area (Å²) in [5, 5.41) is 0. The van der Waals surface area contributed by atoms with Crippen molar-refractivity contribution in [2.75, 3.05) is 5.88 Å². The van der Waals surface area contributed by atoms with Crippen molar-refractivity contribution in [3.63, 3.8) is 0 Å². The average Bonchev–Trinajstić information content (AvgIpc) is 1.83. The van der Waals surface area contributed by atoms with Crippen LogP contribution in [0.15, 0.2) is 0 Å². The first-order chi connectivity index (χ1) is 5.11. The highest BCUT2D eigenvalue weighted by molar-refractivity contribution is 6.18. The summed E-state index contributed by atoms with van der Waals surface area (Å²) in [5.41, 5.74) is 0.403. The molecule has 0 aromatic heterocycles. The zero-order valence-electron chi connectivity index (χ0n) is 7.86. The molecule has 0 nitrogen and oxygen atoms in total. The van der Waals surface area contributed by atoms with Gasteiger partial charge >= 0.3 is 0 Å². The first-order valence-corrected chi connectivity index (χ1v) is 5.20. The molecule has 1 unspecified atom stereocenters. The lowest BCUT2D eigenvalue weighted by molar-refractivity contribution is 0.0751.